The molecule has 1 heterocycles. The number of nitrogens with zero attached hydrogens (tertiary/aromatic N) is 2. The average Bonchev–Trinajstić information content (AvgIpc) is 3.19. The van der Waals surface area contributed by atoms with Crippen molar-refractivity contribution < 1.29 is 14.3 Å². The van der Waals surface area contributed by atoms with Gasteiger partial charge in [-0.1, -0.05) is 31.4 Å². The van der Waals surface area contributed by atoms with E-state index in [2.05, 4.69) is 4.90 Å². The molecule has 2 fully saturated rings. The number of fused-ring (bicyclic) bond motifs is 1. The predicted octanol–water partition coefficient (Wildman–Crippen LogP) is 3.66. The predicted molar refractivity (Wildman–Crippen MR) is 110 cm³/mol. The van der Waals surface area contributed by atoms with E-state index in [0.717, 1.165) is 75.8 Å². The third-order valence-electron chi connectivity index (χ3n) is 6.32. The first-order valence-corrected chi connectivity index (χ1v) is 10.8. The van der Waals surface area contributed by atoms with Gasteiger partial charge < -0.3 is 14.5 Å². The van der Waals surface area contributed by atoms with Crippen molar-refractivity contribution in [2.75, 3.05) is 27.2 Å². The van der Waals surface area contributed by atoms with Gasteiger partial charge in [-0.05, 0) is 49.8 Å². The van der Waals surface area contributed by atoms with Gasteiger partial charge in [0.25, 0.3) is 0 Å². The van der Waals surface area contributed by atoms with Gasteiger partial charge in [-0.15, -0.1) is 0 Å². The molecule has 154 valence electrons. The summed E-state index contributed by atoms with van der Waals surface area (Å²) in [6.07, 6.45) is 8.49. The molecule has 1 aromatic rings. The molecule has 5 heteroatoms. The number of carbonyl (C=O) groups is 2. The zero-order valence-electron chi connectivity index (χ0n) is 17.4. The number of ether oxygens (including phenoxy) is 1. The number of carbonyl (C=O) groups excluding carboxylic acids is 2. The van der Waals surface area contributed by atoms with Crippen LogP contribution in [0.2, 0.25) is 0 Å². The summed E-state index contributed by atoms with van der Waals surface area (Å²) in [5.41, 5.74) is 1.14. The zero-order chi connectivity index (χ0) is 19.9. The summed E-state index contributed by atoms with van der Waals surface area (Å²) in [5.74, 6) is 1.24. The maximum absolute atomic E-state index is 13.2. The van der Waals surface area contributed by atoms with Crippen LogP contribution in [0.4, 0.5) is 0 Å². The van der Waals surface area contributed by atoms with Crippen molar-refractivity contribution in [3.05, 3.63) is 29.8 Å². The second kappa shape index (κ2) is 9.94. The highest BCUT2D eigenvalue weighted by Gasteiger charge is 2.39. The number of hydrogen-bond acceptors (Lipinski definition) is 3. The van der Waals surface area contributed by atoms with Crippen LogP contribution in [0.1, 0.15) is 56.9 Å². The molecule has 1 aliphatic heterocycles. The van der Waals surface area contributed by atoms with Crippen molar-refractivity contribution in [3.8, 4) is 5.75 Å². The van der Waals surface area contributed by atoms with Crippen LogP contribution in [0, 0.1) is 5.92 Å². The number of amides is 2. The van der Waals surface area contributed by atoms with Crippen LogP contribution in [0.25, 0.3) is 0 Å². The minimum atomic E-state index is -0.0203. The molecule has 0 bridgehead atoms. The van der Waals surface area contributed by atoms with Gasteiger partial charge in [0.05, 0.1) is 13.0 Å². The van der Waals surface area contributed by atoms with E-state index in [1.54, 1.807) is 7.11 Å². The third kappa shape index (κ3) is 5.06. The first kappa shape index (κ1) is 20.7. The second-order valence-electron chi connectivity index (χ2n) is 8.21. The highest BCUT2D eigenvalue weighted by Crippen LogP contribution is 2.33. The summed E-state index contributed by atoms with van der Waals surface area (Å²) in [6.45, 7) is 1.63. The van der Waals surface area contributed by atoms with E-state index in [4.69, 9.17) is 4.74 Å². The maximum Gasteiger partial charge on any atom is 0.227 e. The standard InChI is InChI=1S/C23H34N2O3/c1-24-16-5-3-4-6-17-25(21-9-7-8-20(21)23(24)27)22(26)15-12-18-10-13-19(28-2)14-11-18/h10-11,13-14,20-21H,3-9,12,15-17H2,1-2H3/t20-,21+/m1/s1. The molecule has 1 aromatic carbocycles. The number of rotatable bonds is 4. The van der Waals surface area contributed by atoms with Crippen LogP contribution in [0.3, 0.4) is 0 Å². The van der Waals surface area contributed by atoms with Gasteiger partial charge >= 0.3 is 0 Å². The summed E-state index contributed by atoms with van der Waals surface area (Å²) in [5, 5.41) is 0. The van der Waals surface area contributed by atoms with Crippen molar-refractivity contribution in [1.29, 1.82) is 0 Å². The third-order valence-corrected chi connectivity index (χ3v) is 6.32. The molecule has 0 spiro atoms. The fourth-order valence-electron chi connectivity index (χ4n) is 4.64. The topological polar surface area (TPSA) is 49.9 Å². The fourth-order valence-corrected chi connectivity index (χ4v) is 4.64. The first-order chi connectivity index (χ1) is 13.6. The van der Waals surface area contributed by atoms with Crippen LogP contribution in [0.15, 0.2) is 24.3 Å². The smallest absolute Gasteiger partial charge is 0.227 e. The molecule has 3 rings (SSSR count). The van der Waals surface area contributed by atoms with Crippen molar-refractivity contribution in [2.24, 2.45) is 5.92 Å². The molecule has 1 saturated heterocycles. The van der Waals surface area contributed by atoms with Gasteiger partial charge in [-0.2, -0.15) is 0 Å². The van der Waals surface area contributed by atoms with Gasteiger partial charge in [0, 0.05) is 32.6 Å². The molecule has 2 amide bonds. The van der Waals surface area contributed by atoms with Crippen LogP contribution in [-0.2, 0) is 16.0 Å². The van der Waals surface area contributed by atoms with E-state index in [0.29, 0.717) is 6.42 Å². The Balaban J connectivity index is 1.68. The van der Waals surface area contributed by atoms with Crippen LogP contribution < -0.4 is 4.74 Å². The molecule has 0 unspecified atom stereocenters. The lowest BCUT2D eigenvalue weighted by Gasteiger charge is -2.34. The lowest BCUT2D eigenvalue weighted by molar-refractivity contribution is -0.140. The molecule has 0 radical (unpaired) electrons. The lowest BCUT2D eigenvalue weighted by atomic mass is 9.99. The minimum Gasteiger partial charge on any atom is -0.497 e. The second-order valence-corrected chi connectivity index (χ2v) is 8.21. The van der Waals surface area contributed by atoms with Gasteiger partial charge in [0.15, 0.2) is 0 Å². The molecule has 5 nitrogen and oxygen atoms in total. The largest absolute Gasteiger partial charge is 0.497 e. The quantitative estimate of drug-likeness (QED) is 0.793. The van der Waals surface area contributed by atoms with Crippen molar-refractivity contribution in [2.45, 2.75) is 63.8 Å². The van der Waals surface area contributed by atoms with E-state index in [-0.39, 0.29) is 23.8 Å². The Morgan fingerprint density at radius 2 is 1.75 bits per heavy atom. The molecule has 0 N–H and O–H groups in total. The van der Waals surface area contributed by atoms with Crippen LogP contribution in [-0.4, -0.2) is 54.9 Å². The Hall–Kier alpha value is -2.04. The van der Waals surface area contributed by atoms with E-state index < -0.39 is 0 Å². The zero-order valence-corrected chi connectivity index (χ0v) is 17.4. The Bertz CT molecular complexity index is 658. The lowest BCUT2D eigenvalue weighted by Crippen LogP contribution is -2.47. The van der Waals surface area contributed by atoms with Crippen LogP contribution in [0.5, 0.6) is 5.75 Å². The van der Waals surface area contributed by atoms with Crippen molar-refractivity contribution >= 4 is 11.8 Å². The molecule has 2 aliphatic rings. The van der Waals surface area contributed by atoms with Gasteiger partial charge in [0.2, 0.25) is 11.8 Å². The summed E-state index contributed by atoms with van der Waals surface area (Å²) in [6, 6.07) is 8.01. The van der Waals surface area contributed by atoms with E-state index in [1.165, 1.54) is 0 Å². The number of aryl methyl sites for hydroxylation is 1. The Morgan fingerprint density at radius 1 is 1.04 bits per heavy atom. The van der Waals surface area contributed by atoms with Gasteiger partial charge in [-0.25, -0.2) is 0 Å². The molecule has 28 heavy (non-hydrogen) atoms. The molecule has 0 aromatic heterocycles. The Labute approximate surface area is 169 Å². The average molecular weight is 387 g/mol. The number of methoxy groups -OCH3 is 1. The Morgan fingerprint density at radius 3 is 2.46 bits per heavy atom. The number of hydrogen-bond donors (Lipinski definition) is 0. The van der Waals surface area contributed by atoms with E-state index in [9.17, 15) is 9.59 Å². The van der Waals surface area contributed by atoms with Gasteiger partial charge in [-0.3, -0.25) is 9.59 Å². The molecule has 1 aliphatic carbocycles. The summed E-state index contributed by atoms with van der Waals surface area (Å²) < 4.78 is 5.20. The number of benzene rings is 1. The van der Waals surface area contributed by atoms with Crippen molar-refractivity contribution in [3.63, 3.8) is 0 Å². The molecular weight excluding hydrogens is 352 g/mol. The monoisotopic (exact) mass is 386 g/mol. The molecule has 2 atom stereocenters. The Kier molecular flexibility index (Phi) is 7.35. The SMILES string of the molecule is COc1ccc(CCC(=O)N2CCCCCCN(C)C(=O)[C@@H]3CCC[C@@H]32)cc1. The van der Waals surface area contributed by atoms with Crippen molar-refractivity contribution in [1.82, 2.24) is 9.80 Å². The summed E-state index contributed by atoms with van der Waals surface area (Å²) in [7, 11) is 3.58. The molecule has 1 saturated carbocycles. The highest BCUT2D eigenvalue weighted by atomic mass is 16.5. The fraction of sp³-hybridized carbons (Fsp3) is 0.652. The van der Waals surface area contributed by atoms with E-state index in [1.807, 2.05) is 36.2 Å². The van der Waals surface area contributed by atoms with Gasteiger partial charge in [0.1, 0.15) is 5.75 Å². The van der Waals surface area contributed by atoms with Crippen LogP contribution >= 0.6 is 0 Å². The summed E-state index contributed by atoms with van der Waals surface area (Å²) >= 11 is 0. The first-order valence-electron chi connectivity index (χ1n) is 10.8. The summed E-state index contributed by atoms with van der Waals surface area (Å²) in [4.78, 5) is 30.0. The minimum absolute atomic E-state index is 0.0203. The maximum atomic E-state index is 13.2. The van der Waals surface area contributed by atoms with E-state index >= 15 is 0 Å². The normalized spacial score (nSPS) is 23.9. The highest BCUT2D eigenvalue weighted by molar-refractivity contribution is 5.82. The molecular formula is C23H34N2O3.